The van der Waals surface area contributed by atoms with Gasteiger partial charge in [-0.15, -0.1) is 0 Å². The molecule has 2 aromatic rings. The first-order valence-electron chi connectivity index (χ1n) is 7.51. The molecule has 0 unspecified atom stereocenters. The van der Waals surface area contributed by atoms with Gasteiger partial charge in [0.05, 0.1) is 23.9 Å². The van der Waals surface area contributed by atoms with Crippen LogP contribution in [0.4, 0.5) is 10.5 Å². The van der Waals surface area contributed by atoms with E-state index in [9.17, 15) is 4.79 Å². The average molecular weight is 337 g/mol. The molecule has 0 saturated carbocycles. The number of nitrogens with one attached hydrogen (secondary N) is 2. The molecule has 6 nitrogen and oxygen atoms in total. The van der Waals surface area contributed by atoms with Crippen LogP contribution in [0.1, 0.15) is 31.9 Å². The van der Waals surface area contributed by atoms with Gasteiger partial charge < -0.3 is 15.4 Å². The zero-order chi connectivity index (χ0) is 16.8. The number of carbonyl (C=O) groups is 1. The highest BCUT2D eigenvalue weighted by atomic mass is 35.5. The van der Waals surface area contributed by atoms with Crippen molar-refractivity contribution in [2.75, 3.05) is 11.9 Å². The van der Waals surface area contributed by atoms with E-state index in [4.69, 9.17) is 16.3 Å². The van der Waals surface area contributed by atoms with E-state index in [0.29, 0.717) is 23.1 Å². The van der Waals surface area contributed by atoms with E-state index in [0.717, 1.165) is 12.0 Å². The monoisotopic (exact) mass is 336 g/mol. The summed E-state index contributed by atoms with van der Waals surface area (Å²) in [7, 11) is 1.85. The minimum absolute atomic E-state index is 0.0955. The maximum Gasteiger partial charge on any atom is 0.319 e. The van der Waals surface area contributed by atoms with Crippen molar-refractivity contribution in [2.45, 2.75) is 26.3 Å². The highest BCUT2D eigenvalue weighted by Gasteiger charge is 2.14. The molecule has 2 amide bonds. The molecule has 0 aliphatic carbocycles. The van der Waals surface area contributed by atoms with Crippen LogP contribution in [0, 0.1) is 0 Å². The number of nitrogens with zero attached hydrogens (tertiary/aromatic N) is 2. The Bertz CT molecular complexity index is 672. The number of rotatable bonds is 6. The predicted molar refractivity (Wildman–Crippen MR) is 91.0 cm³/mol. The number of ether oxygens (including phenoxy) is 1. The summed E-state index contributed by atoms with van der Waals surface area (Å²) in [5, 5.41) is 10.3. The van der Waals surface area contributed by atoms with Crippen LogP contribution in [0.5, 0.6) is 5.75 Å². The van der Waals surface area contributed by atoms with Crippen LogP contribution in [0.2, 0.25) is 5.02 Å². The molecule has 1 aromatic carbocycles. The van der Waals surface area contributed by atoms with E-state index in [2.05, 4.69) is 15.7 Å². The molecule has 1 aromatic heterocycles. The Balaban J connectivity index is 1.99. The molecule has 0 spiro atoms. The van der Waals surface area contributed by atoms with E-state index in [1.807, 2.05) is 27.1 Å². The minimum atomic E-state index is -0.291. The van der Waals surface area contributed by atoms with Gasteiger partial charge in [0.15, 0.2) is 0 Å². The Kier molecular flexibility index (Phi) is 5.87. The van der Waals surface area contributed by atoms with Gasteiger partial charge >= 0.3 is 6.03 Å². The summed E-state index contributed by atoms with van der Waals surface area (Å²) >= 11 is 6.12. The third-order valence-corrected chi connectivity index (χ3v) is 3.63. The third kappa shape index (κ3) is 4.63. The lowest BCUT2D eigenvalue weighted by atomic mass is 10.1. The number of urea groups is 1. The van der Waals surface area contributed by atoms with Gasteiger partial charge in [-0.2, -0.15) is 5.10 Å². The lowest BCUT2D eigenvalue weighted by Crippen LogP contribution is -2.32. The summed E-state index contributed by atoms with van der Waals surface area (Å²) in [4.78, 5) is 12.2. The van der Waals surface area contributed by atoms with Crippen molar-refractivity contribution in [3.05, 3.63) is 41.2 Å². The highest BCUT2D eigenvalue weighted by Crippen LogP contribution is 2.27. The van der Waals surface area contributed by atoms with Gasteiger partial charge in [0.1, 0.15) is 5.75 Å². The number of hydrogen-bond donors (Lipinski definition) is 2. The first-order valence-corrected chi connectivity index (χ1v) is 7.89. The van der Waals surface area contributed by atoms with Crippen LogP contribution in [0.3, 0.4) is 0 Å². The normalized spacial score (nSPS) is 11.8. The second-order valence-corrected chi connectivity index (χ2v) is 5.49. The third-order valence-electron chi connectivity index (χ3n) is 3.33. The van der Waals surface area contributed by atoms with Crippen LogP contribution in [0.25, 0.3) is 0 Å². The molecule has 0 fully saturated rings. The Hall–Kier alpha value is -2.21. The smallest absolute Gasteiger partial charge is 0.319 e. The van der Waals surface area contributed by atoms with Crippen LogP contribution in [0.15, 0.2) is 30.6 Å². The van der Waals surface area contributed by atoms with Gasteiger partial charge in [0, 0.05) is 24.5 Å². The number of benzene rings is 1. The average Bonchev–Trinajstić information content (AvgIpc) is 2.94. The van der Waals surface area contributed by atoms with Crippen molar-refractivity contribution >= 4 is 23.3 Å². The number of anilines is 1. The van der Waals surface area contributed by atoms with Gasteiger partial charge in [-0.3, -0.25) is 4.68 Å². The summed E-state index contributed by atoms with van der Waals surface area (Å²) in [5.74, 6) is 0.599. The standard InChI is InChI=1S/C16H21ClN4O2/c1-4-14(11-9-18-21(3)10-11)20-16(22)19-12-6-7-15(23-5-2)13(17)8-12/h6-10,14H,4-5H2,1-3H3,(H2,19,20,22)/t14-/m0/s1. The summed E-state index contributed by atoms with van der Waals surface area (Å²) in [5.41, 5.74) is 1.58. The Morgan fingerprint density at radius 1 is 1.43 bits per heavy atom. The van der Waals surface area contributed by atoms with Crippen LogP contribution in [-0.4, -0.2) is 22.4 Å². The molecule has 1 heterocycles. The fourth-order valence-electron chi connectivity index (χ4n) is 2.22. The molecular weight excluding hydrogens is 316 g/mol. The van der Waals surface area contributed by atoms with Crippen molar-refractivity contribution in [1.29, 1.82) is 0 Å². The number of hydrogen-bond acceptors (Lipinski definition) is 3. The van der Waals surface area contributed by atoms with Crippen molar-refractivity contribution in [3.8, 4) is 5.75 Å². The SMILES string of the molecule is CCOc1ccc(NC(=O)N[C@@H](CC)c2cnn(C)c2)cc1Cl. The Morgan fingerprint density at radius 2 is 2.22 bits per heavy atom. The molecule has 23 heavy (non-hydrogen) atoms. The van der Waals surface area contributed by atoms with Gasteiger partial charge in [0.2, 0.25) is 0 Å². The molecule has 1 atom stereocenters. The molecular formula is C16H21ClN4O2. The molecule has 0 aliphatic heterocycles. The summed E-state index contributed by atoms with van der Waals surface area (Å²) in [6.07, 6.45) is 4.41. The topological polar surface area (TPSA) is 68.2 Å². The largest absolute Gasteiger partial charge is 0.492 e. The summed E-state index contributed by atoms with van der Waals surface area (Å²) in [6.45, 7) is 4.43. The van der Waals surface area contributed by atoms with Crippen molar-refractivity contribution in [2.24, 2.45) is 7.05 Å². The van der Waals surface area contributed by atoms with E-state index in [1.54, 1.807) is 29.1 Å². The van der Waals surface area contributed by atoms with Crippen LogP contribution >= 0.6 is 11.6 Å². The molecule has 2 rings (SSSR count). The molecule has 124 valence electrons. The summed E-state index contributed by atoms with van der Waals surface area (Å²) in [6, 6.07) is 4.76. The maximum atomic E-state index is 12.2. The van der Waals surface area contributed by atoms with Crippen molar-refractivity contribution < 1.29 is 9.53 Å². The Labute approximate surface area is 140 Å². The zero-order valence-corrected chi connectivity index (χ0v) is 14.2. The van der Waals surface area contributed by atoms with Crippen molar-refractivity contribution in [1.82, 2.24) is 15.1 Å². The molecule has 0 bridgehead atoms. The zero-order valence-electron chi connectivity index (χ0n) is 13.5. The Morgan fingerprint density at radius 3 is 2.78 bits per heavy atom. The quantitative estimate of drug-likeness (QED) is 0.844. The van der Waals surface area contributed by atoms with Gasteiger partial charge in [0.25, 0.3) is 0 Å². The first kappa shape index (κ1) is 17.1. The summed E-state index contributed by atoms with van der Waals surface area (Å²) < 4.78 is 7.08. The van der Waals surface area contributed by atoms with E-state index >= 15 is 0 Å². The molecule has 0 radical (unpaired) electrons. The van der Waals surface area contributed by atoms with Gasteiger partial charge in [-0.1, -0.05) is 18.5 Å². The van der Waals surface area contributed by atoms with Crippen LogP contribution < -0.4 is 15.4 Å². The molecule has 2 N–H and O–H groups in total. The maximum absolute atomic E-state index is 12.2. The van der Waals surface area contributed by atoms with Crippen LogP contribution in [-0.2, 0) is 7.05 Å². The first-order chi connectivity index (χ1) is 11.0. The number of amides is 2. The van der Waals surface area contributed by atoms with E-state index in [-0.39, 0.29) is 12.1 Å². The molecule has 0 aliphatic rings. The number of aryl methyl sites for hydroxylation is 1. The van der Waals surface area contributed by atoms with E-state index < -0.39 is 0 Å². The second kappa shape index (κ2) is 7.87. The minimum Gasteiger partial charge on any atom is -0.492 e. The van der Waals surface area contributed by atoms with E-state index in [1.165, 1.54) is 0 Å². The number of aromatic nitrogens is 2. The van der Waals surface area contributed by atoms with Gasteiger partial charge in [-0.05, 0) is 31.5 Å². The predicted octanol–water partition coefficient (Wildman–Crippen LogP) is 3.75. The second-order valence-electron chi connectivity index (χ2n) is 5.08. The lowest BCUT2D eigenvalue weighted by molar-refractivity contribution is 0.248. The molecule has 0 saturated heterocycles. The number of halogens is 1. The van der Waals surface area contributed by atoms with Crippen molar-refractivity contribution in [3.63, 3.8) is 0 Å². The lowest BCUT2D eigenvalue weighted by Gasteiger charge is -2.16. The molecule has 7 heteroatoms. The number of carbonyl (C=O) groups excluding carboxylic acids is 1. The fourth-order valence-corrected chi connectivity index (χ4v) is 2.45. The highest BCUT2D eigenvalue weighted by molar-refractivity contribution is 6.32. The fraction of sp³-hybridized carbons (Fsp3) is 0.375. The van der Waals surface area contributed by atoms with Gasteiger partial charge in [-0.25, -0.2) is 4.79 Å².